The number of aliphatic hydroxyl groups excluding tert-OH is 1. The molecule has 2 N–H and O–H groups in total. The summed E-state index contributed by atoms with van der Waals surface area (Å²) in [6, 6.07) is 12.1. The van der Waals surface area contributed by atoms with E-state index in [-0.39, 0.29) is 22.0 Å². The van der Waals surface area contributed by atoms with Gasteiger partial charge in [-0.3, -0.25) is 19.5 Å². The second kappa shape index (κ2) is 8.82. The predicted octanol–water partition coefficient (Wildman–Crippen LogP) is 4.34. The number of anilines is 1. The molecule has 9 nitrogen and oxygen atoms in total. The van der Waals surface area contributed by atoms with Crippen LogP contribution in [0.25, 0.3) is 16.0 Å². The number of Topliss-reactive ketones (excluding diaryl/α,β-unsaturated/α-hetero) is 1. The van der Waals surface area contributed by atoms with Crippen LogP contribution in [-0.4, -0.2) is 44.4 Å². The van der Waals surface area contributed by atoms with Crippen molar-refractivity contribution in [1.29, 1.82) is 0 Å². The fourth-order valence-electron chi connectivity index (χ4n) is 4.69. The topological polar surface area (TPSA) is 130 Å². The number of rotatable bonds is 4. The number of carboxylic acids is 1. The Morgan fingerprint density at radius 2 is 1.92 bits per heavy atom. The largest absolute Gasteiger partial charge is 0.507 e. The average Bonchev–Trinajstić information content (AvgIpc) is 3.46. The maximum Gasteiger partial charge on any atom is 0.335 e. The minimum Gasteiger partial charge on any atom is -0.507 e. The Morgan fingerprint density at radius 1 is 1.08 bits per heavy atom. The Morgan fingerprint density at radius 3 is 2.70 bits per heavy atom. The van der Waals surface area contributed by atoms with Gasteiger partial charge in [0.15, 0.2) is 5.13 Å². The van der Waals surface area contributed by atoms with Crippen molar-refractivity contribution >= 4 is 50.1 Å². The van der Waals surface area contributed by atoms with Crippen molar-refractivity contribution in [3.05, 3.63) is 88.8 Å². The Bertz CT molecular complexity index is 1630. The summed E-state index contributed by atoms with van der Waals surface area (Å²) in [5.74, 6) is -2.32. The molecule has 4 heterocycles. The Kier molecular flexibility index (Phi) is 5.45. The summed E-state index contributed by atoms with van der Waals surface area (Å²) in [5, 5.41) is 20.9. The first-order chi connectivity index (χ1) is 17.9. The van der Waals surface area contributed by atoms with Gasteiger partial charge >= 0.3 is 11.9 Å². The molecule has 6 rings (SSSR count). The molecule has 1 amide bonds. The van der Waals surface area contributed by atoms with E-state index in [0.29, 0.717) is 28.0 Å². The van der Waals surface area contributed by atoms with Crippen molar-refractivity contribution in [3.63, 3.8) is 0 Å². The predicted molar refractivity (Wildman–Crippen MR) is 136 cm³/mol. The van der Waals surface area contributed by atoms with Gasteiger partial charge in [-0.2, -0.15) is 0 Å². The van der Waals surface area contributed by atoms with Crippen molar-refractivity contribution in [1.82, 2.24) is 9.97 Å². The molecule has 1 saturated heterocycles. The van der Waals surface area contributed by atoms with E-state index in [1.54, 1.807) is 42.6 Å². The van der Waals surface area contributed by atoms with Gasteiger partial charge in [-0.05, 0) is 66.4 Å². The molecule has 0 aliphatic carbocycles. The van der Waals surface area contributed by atoms with Crippen molar-refractivity contribution in [2.45, 2.75) is 18.9 Å². The number of pyridine rings is 1. The van der Waals surface area contributed by atoms with Gasteiger partial charge < -0.3 is 14.9 Å². The number of fused-ring (bicyclic) bond motifs is 2. The molecule has 2 aromatic heterocycles. The molecule has 37 heavy (non-hydrogen) atoms. The summed E-state index contributed by atoms with van der Waals surface area (Å²) < 4.78 is 6.21. The van der Waals surface area contributed by atoms with E-state index in [1.165, 1.54) is 23.2 Å². The summed E-state index contributed by atoms with van der Waals surface area (Å²) in [6.07, 6.45) is 4.73. The lowest BCUT2D eigenvalue weighted by Gasteiger charge is -2.23. The lowest BCUT2D eigenvalue weighted by atomic mass is 9.95. The van der Waals surface area contributed by atoms with E-state index >= 15 is 0 Å². The second-order valence-electron chi connectivity index (χ2n) is 8.71. The third-order valence-corrected chi connectivity index (χ3v) is 7.47. The summed E-state index contributed by atoms with van der Waals surface area (Å²) in [5.41, 5.74) is 2.36. The first-order valence-electron chi connectivity index (χ1n) is 11.5. The number of ether oxygens (including phenoxy) is 1. The lowest BCUT2D eigenvalue weighted by molar-refractivity contribution is -0.132. The van der Waals surface area contributed by atoms with Gasteiger partial charge in [0.2, 0.25) is 0 Å². The molecule has 2 aromatic carbocycles. The van der Waals surface area contributed by atoms with E-state index in [2.05, 4.69) is 9.97 Å². The van der Waals surface area contributed by atoms with Crippen LogP contribution in [0.2, 0.25) is 0 Å². The minimum absolute atomic E-state index is 0.0693. The standard InChI is InChI=1S/C27H19N3O6S/c31-23(15-6-8-19-14(11-15)4-2-10-36-19)21-22(17-3-1-9-28-13-17)30(25(33)24(21)32)27-29-18-7-5-16(26(34)35)12-20(18)37-27/h1,3,5-9,11-13,22,31H,2,4,10H2,(H,34,35)/b23-21+. The Balaban J connectivity index is 1.52. The number of carbonyl (C=O) groups is 3. The third kappa shape index (κ3) is 3.82. The molecular weight excluding hydrogens is 494 g/mol. The van der Waals surface area contributed by atoms with E-state index in [1.807, 2.05) is 0 Å². The van der Waals surface area contributed by atoms with Crippen LogP contribution in [0, 0.1) is 0 Å². The van der Waals surface area contributed by atoms with Gasteiger partial charge in [0.1, 0.15) is 11.5 Å². The van der Waals surface area contributed by atoms with E-state index in [9.17, 15) is 24.6 Å². The number of aromatic nitrogens is 2. The average molecular weight is 514 g/mol. The minimum atomic E-state index is -1.08. The van der Waals surface area contributed by atoms with Crippen LogP contribution in [0.3, 0.4) is 0 Å². The molecule has 0 spiro atoms. The number of amides is 1. The zero-order valence-corrected chi connectivity index (χ0v) is 20.1. The quantitative estimate of drug-likeness (QED) is 0.234. The summed E-state index contributed by atoms with van der Waals surface area (Å²) in [4.78, 5) is 48.1. The summed E-state index contributed by atoms with van der Waals surface area (Å²) in [7, 11) is 0. The van der Waals surface area contributed by atoms with Gasteiger partial charge in [0, 0.05) is 18.0 Å². The Hall–Kier alpha value is -4.57. The van der Waals surface area contributed by atoms with Crippen LogP contribution in [0.5, 0.6) is 5.75 Å². The van der Waals surface area contributed by atoms with Gasteiger partial charge in [0.25, 0.3) is 5.78 Å². The normalized spacial score (nSPS) is 18.6. The first-order valence-corrected chi connectivity index (χ1v) is 12.3. The molecule has 0 saturated carbocycles. The number of aryl methyl sites for hydroxylation is 1. The number of nitrogens with zero attached hydrogens (tertiary/aromatic N) is 3. The zero-order chi connectivity index (χ0) is 25.7. The zero-order valence-electron chi connectivity index (χ0n) is 19.2. The van der Waals surface area contributed by atoms with Crippen molar-refractivity contribution in [2.24, 2.45) is 0 Å². The maximum atomic E-state index is 13.4. The lowest BCUT2D eigenvalue weighted by Crippen LogP contribution is -2.29. The third-order valence-electron chi connectivity index (χ3n) is 6.46. The van der Waals surface area contributed by atoms with Crippen LogP contribution >= 0.6 is 11.3 Å². The number of aromatic carboxylic acids is 1. The first kappa shape index (κ1) is 22.9. The molecule has 0 radical (unpaired) electrons. The molecule has 10 heteroatoms. The van der Waals surface area contributed by atoms with E-state index in [0.717, 1.165) is 35.5 Å². The van der Waals surface area contributed by atoms with Crippen LogP contribution in [0.15, 0.2) is 66.5 Å². The highest BCUT2D eigenvalue weighted by atomic mass is 32.1. The van der Waals surface area contributed by atoms with E-state index in [4.69, 9.17) is 4.74 Å². The van der Waals surface area contributed by atoms with Crippen LogP contribution < -0.4 is 9.64 Å². The molecule has 1 unspecified atom stereocenters. The van der Waals surface area contributed by atoms with Crippen molar-refractivity contribution < 1.29 is 29.3 Å². The summed E-state index contributed by atoms with van der Waals surface area (Å²) in [6.45, 7) is 0.626. The van der Waals surface area contributed by atoms with Crippen molar-refractivity contribution in [3.8, 4) is 5.75 Å². The number of thiazole rings is 1. The molecule has 1 atom stereocenters. The number of carbonyl (C=O) groups excluding carboxylic acids is 2. The monoisotopic (exact) mass is 513 g/mol. The van der Waals surface area contributed by atoms with Gasteiger partial charge in [-0.25, -0.2) is 9.78 Å². The van der Waals surface area contributed by atoms with Crippen LogP contribution in [0.1, 0.15) is 39.5 Å². The SMILES string of the molecule is O=C1C(=O)N(c2nc3ccc(C(=O)O)cc3s2)C(c2cccnc2)/C1=C(\O)c1ccc2c(c1)CCCO2. The molecule has 4 aromatic rings. The highest BCUT2D eigenvalue weighted by Crippen LogP contribution is 2.44. The summed E-state index contributed by atoms with van der Waals surface area (Å²) >= 11 is 1.10. The molecular formula is C27H19N3O6S. The maximum absolute atomic E-state index is 13.4. The van der Waals surface area contributed by atoms with E-state index < -0.39 is 23.7 Å². The highest BCUT2D eigenvalue weighted by molar-refractivity contribution is 7.22. The van der Waals surface area contributed by atoms with Crippen LogP contribution in [-0.2, 0) is 16.0 Å². The van der Waals surface area contributed by atoms with Gasteiger partial charge in [-0.15, -0.1) is 0 Å². The van der Waals surface area contributed by atoms with Crippen LogP contribution in [0.4, 0.5) is 5.13 Å². The number of carboxylic acid groups (broad SMARTS) is 1. The highest BCUT2D eigenvalue weighted by Gasteiger charge is 2.48. The number of aliphatic hydroxyl groups is 1. The smallest absolute Gasteiger partial charge is 0.335 e. The second-order valence-corrected chi connectivity index (χ2v) is 9.72. The fraction of sp³-hybridized carbons (Fsp3) is 0.148. The molecule has 2 aliphatic heterocycles. The fourth-order valence-corrected chi connectivity index (χ4v) is 5.73. The molecule has 184 valence electrons. The van der Waals surface area contributed by atoms with Gasteiger partial charge in [-0.1, -0.05) is 17.4 Å². The number of benzene rings is 2. The Labute approximate surface area is 214 Å². The van der Waals surface area contributed by atoms with Gasteiger partial charge in [0.05, 0.1) is 34.0 Å². The molecule has 1 fully saturated rings. The van der Waals surface area contributed by atoms with Crippen molar-refractivity contribution in [2.75, 3.05) is 11.5 Å². The number of hydrogen-bond donors (Lipinski definition) is 2. The number of hydrogen-bond acceptors (Lipinski definition) is 8. The number of ketones is 1. The molecule has 2 aliphatic rings. The molecule has 0 bridgehead atoms.